The Balaban J connectivity index is 1.97. The fourth-order valence-corrected chi connectivity index (χ4v) is 2.52. The van der Waals surface area contributed by atoms with Gasteiger partial charge < -0.3 is 10.6 Å². The van der Waals surface area contributed by atoms with Gasteiger partial charge in [-0.05, 0) is 45.0 Å². The monoisotopic (exact) mass is 336 g/mol. The van der Waals surface area contributed by atoms with Crippen LogP contribution in [0.2, 0.25) is 0 Å². The van der Waals surface area contributed by atoms with Crippen molar-refractivity contribution in [2.24, 2.45) is 0 Å². The number of anilines is 1. The summed E-state index contributed by atoms with van der Waals surface area (Å²) in [7, 11) is 0. The maximum atomic E-state index is 12.7. The van der Waals surface area contributed by atoms with E-state index in [0.29, 0.717) is 11.2 Å². The lowest BCUT2D eigenvalue weighted by Gasteiger charge is -2.06. The summed E-state index contributed by atoms with van der Waals surface area (Å²) in [5.74, 6) is -0.472. The zero-order chi connectivity index (χ0) is 18.0. The second-order valence-corrected chi connectivity index (χ2v) is 6.19. The Morgan fingerprint density at radius 3 is 2.44 bits per heavy atom. The van der Waals surface area contributed by atoms with Gasteiger partial charge in [-0.25, -0.2) is 4.98 Å². The van der Waals surface area contributed by atoms with Crippen molar-refractivity contribution in [2.45, 2.75) is 26.8 Å². The van der Waals surface area contributed by atoms with Crippen molar-refractivity contribution < 1.29 is 9.59 Å². The Morgan fingerprint density at radius 1 is 1.04 bits per heavy atom. The van der Waals surface area contributed by atoms with Crippen LogP contribution < -0.4 is 10.6 Å². The second-order valence-electron chi connectivity index (χ2n) is 6.19. The van der Waals surface area contributed by atoms with Crippen LogP contribution in [0, 0.1) is 6.92 Å². The van der Waals surface area contributed by atoms with Crippen LogP contribution in [0.4, 0.5) is 5.69 Å². The molecule has 2 N–H and O–H groups in total. The van der Waals surface area contributed by atoms with Crippen LogP contribution in [-0.2, 0) is 0 Å². The first-order chi connectivity index (χ1) is 12.0. The van der Waals surface area contributed by atoms with Crippen molar-refractivity contribution in [3.63, 3.8) is 0 Å². The van der Waals surface area contributed by atoms with E-state index in [2.05, 4.69) is 15.6 Å². The molecule has 25 heavy (non-hydrogen) atoms. The van der Waals surface area contributed by atoms with E-state index in [9.17, 15) is 9.59 Å². The number of nitrogens with one attached hydrogen (secondary N) is 2. The molecule has 3 aromatic rings. The van der Waals surface area contributed by atoms with Crippen molar-refractivity contribution in [3.05, 3.63) is 65.7 Å². The average Bonchev–Trinajstić information content (AvgIpc) is 2.96. The standard InChI is InChI=1S/C19H20N4O2/c1-12(2)20-19(25)17-22-16(15-6-4-5-11-23(15)17)18(24)21-14-9-7-13(3)8-10-14/h4-12H,1-3H3,(H,20,25)(H,21,24). The van der Waals surface area contributed by atoms with Gasteiger partial charge in [-0.1, -0.05) is 23.8 Å². The van der Waals surface area contributed by atoms with E-state index in [-0.39, 0.29) is 29.4 Å². The van der Waals surface area contributed by atoms with Gasteiger partial charge in [0.05, 0.1) is 5.52 Å². The number of fused-ring (bicyclic) bond motifs is 1. The van der Waals surface area contributed by atoms with Crippen LogP contribution >= 0.6 is 0 Å². The molecule has 0 radical (unpaired) electrons. The van der Waals surface area contributed by atoms with E-state index < -0.39 is 0 Å². The van der Waals surface area contributed by atoms with Crippen LogP contribution in [-0.4, -0.2) is 27.2 Å². The molecule has 1 aromatic carbocycles. The number of amides is 2. The first-order valence-electron chi connectivity index (χ1n) is 8.11. The largest absolute Gasteiger partial charge is 0.347 e. The van der Waals surface area contributed by atoms with Crippen LogP contribution in [0.25, 0.3) is 5.52 Å². The molecule has 0 bridgehead atoms. The summed E-state index contributed by atoms with van der Waals surface area (Å²) < 4.78 is 1.63. The summed E-state index contributed by atoms with van der Waals surface area (Å²) in [5, 5.41) is 5.63. The van der Waals surface area contributed by atoms with Gasteiger partial charge in [0.25, 0.3) is 11.8 Å². The molecule has 0 fully saturated rings. The Morgan fingerprint density at radius 2 is 1.76 bits per heavy atom. The predicted molar refractivity (Wildman–Crippen MR) is 96.9 cm³/mol. The molecule has 2 heterocycles. The Hall–Kier alpha value is -3.15. The first kappa shape index (κ1) is 16.7. The summed E-state index contributed by atoms with van der Waals surface area (Å²) in [5.41, 5.74) is 2.59. The van der Waals surface area contributed by atoms with Crippen LogP contribution in [0.5, 0.6) is 0 Å². The van der Waals surface area contributed by atoms with Crippen molar-refractivity contribution in [1.82, 2.24) is 14.7 Å². The lowest BCUT2D eigenvalue weighted by atomic mass is 10.2. The number of pyridine rings is 1. The summed E-state index contributed by atoms with van der Waals surface area (Å²) in [6.45, 7) is 5.73. The molecule has 0 atom stereocenters. The van der Waals surface area contributed by atoms with E-state index in [1.165, 1.54) is 0 Å². The Bertz CT molecular complexity index is 926. The van der Waals surface area contributed by atoms with Crippen molar-refractivity contribution in [2.75, 3.05) is 5.32 Å². The third-order valence-corrected chi connectivity index (χ3v) is 3.70. The normalized spacial score (nSPS) is 10.9. The van der Waals surface area contributed by atoms with E-state index in [4.69, 9.17) is 0 Å². The van der Waals surface area contributed by atoms with Crippen LogP contribution in [0.1, 0.15) is 40.5 Å². The van der Waals surface area contributed by atoms with Gasteiger partial charge in [0.2, 0.25) is 5.82 Å². The molecule has 2 aromatic heterocycles. The number of rotatable bonds is 4. The predicted octanol–water partition coefficient (Wildman–Crippen LogP) is 3.03. The SMILES string of the molecule is Cc1ccc(NC(=O)c2nc(C(=O)NC(C)C)n3ccccc23)cc1. The van der Waals surface area contributed by atoms with Crippen LogP contribution in [0.15, 0.2) is 48.7 Å². The van der Waals surface area contributed by atoms with E-state index in [1.807, 2.05) is 51.1 Å². The maximum absolute atomic E-state index is 12.7. The molecule has 0 aliphatic carbocycles. The zero-order valence-corrected chi connectivity index (χ0v) is 14.4. The van der Waals surface area contributed by atoms with Gasteiger partial charge in [-0.3, -0.25) is 14.0 Å². The number of aryl methyl sites for hydroxylation is 1. The molecule has 0 aliphatic heterocycles. The first-order valence-corrected chi connectivity index (χ1v) is 8.11. The summed E-state index contributed by atoms with van der Waals surface area (Å²) in [6, 6.07) is 12.9. The van der Waals surface area contributed by atoms with Gasteiger partial charge in [0.15, 0.2) is 5.69 Å². The molecule has 3 rings (SSSR count). The topological polar surface area (TPSA) is 75.5 Å². The number of carbonyl (C=O) groups is 2. The van der Waals surface area contributed by atoms with Crippen molar-refractivity contribution in [1.29, 1.82) is 0 Å². The lowest BCUT2D eigenvalue weighted by molar-refractivity contribution is 0.0932. The Labute approximate surface area is 145 Å². The molecule has 0 saturated carbocycles. The van der Waals surface area contributed by atoms with Crippen LogP contribution in [0.3, 0.4) is 0 Å². The highest BCUT2D eigenvalue weighted by molar-refractivity contribution is 6.08. The van der Waals surface area contributed by atoms with E-state index in [0.717, 1.165) is 5.56 Å². The number of hydrogen-bond donors (Lipinski definition) is 2. The van der Waals surface area contributed by atoms with Gasteiger partial charge in [-0.2, -0.15) is 0 Å². The molecular formula is C19H20N4O2. The molecule has 6 heteroatoms. The van der Waals surface area contributed by atoms with Gasteiger partial charge in [-0.15, -0.1) is 0 Å². The van der Waals surface area contributed by atoms with E-state index in [1.54, 1.807) is 22.7 Å². The molecule has 2 amide bonds. The third-order valence-electron chi connectivity index (χ3n) is 3.70. The van der Waals surface area contributed by atoms with E-state index >= 15 is 0 Å². The highest BCUT2D eigenvalue weighted by Crippen LogP contribution is 2.16. The number of benzene rings is 1. The summed E-state index contributed by atoms with van der Waals surface area (Å²) in [6.07, 6.45) is 1.72. The molecule has 0 spiro atoms. The molecule has 6 nitrogen and oxygen atoms in total. The number of imidazole rings is 1. The van der Waals surface area contributed by atoms with Gasteiger partial charge in [0.1, 0.15) is 0 Å². The smallest absolute Gasteiger partial charge is 0.287 e. The molecule has 0 saturated heterocycles. The van der Waals surface area contributed by atoms with Crippen molar-refractivity contribution in [3.8, 4) is 0 Å². The Kier molecular flexibility index (Phi) is 4.52. The molecule has 0 aliphatic rings. The van der Waals surface area contributed by atoms with Gasteiger partial charge in [0, 0.05) is 17.9 Å². The third kappa shape index (κ3) is 3.52. The number of carbonyl (C=O) groups excluding carboxylic acids is 2. The quantitative estimate of drug-likeness (QED) is 0.769. The number of aromatic nitrogens is 2. The molecular weight excluding hydrogens is 316 g/mol. The summed E-state index contributed by atoms with van der Waals surface area (Å²) in [4.78, 5) is 29.3. The highest BCUT2D eigenvalue weighted by atomic mass is 16.2. The minimum Gasteiger partial charge on any atom is -0.347 e. The second kappa shape index (κ2) is 6.76. The molecule has 128 valence electrons. The van der Waals surface area contributed by atoms with Crippen molar-refractivity contribution >= 4 is 23.0 Å². The maximum Gasteiger partial charge on any atom is 0.287 e. The lowest BCUT2D eigenvalue weighted by Crippen LogP contribution is -2.31. The fraction of sp³-hybridized carbons (Fsp3) is 0.211. The average molecular weight is 336 g/mol. The number of hydrogen-bond acceptors (Lipinski definition) is 3. The highest BCUT2D eigenvalue weighted by Gasteiger charge is 2.21. The zero-order valence-electron chi connectivity index (χ0n) is 14.4. The van der Waals surface area contributed by atoms with Gasteiger partial charge >= 0.3 is 0 Å². The minimum absolute atomic E-state index is 0.0200. The molecule has 0 unspecified atom stereocenters. The summed E-state index contributed by atoms with van der Waals surface area (Å²) >= 11 is 0. The fourth-order valence-electron chi connectivity index (χ4n) is 2.52. The minimum atomic E-state index is -0.351. The number of nitrogens with zero attached hydrogens (tertiary/aromatic N) is 2.